The molecule has 0 fully saturated rings. The van der Waals surface area contributed by atoms with Crippen LogP contribution in [0.5, 0.6) is 5.75 Å². The summed E-state index contributed by atoms with van der Waals surface area (Å²) >= 11 is 0. The van der Waals surface area contributed by atoms with Crippen molar-refractivity contribution in [2.75, 3.05) is 6.54 Å². The first-order chi connectivity index (χ1) is 17.6. The van der Waals surface area contributed by atoms with Gasteiger partial charge in [-0.1, -0.05) is 80.1 Å². The summed E-state index contributed by atoms with van der Waals surface area (Å²) in [5.41, 5.74) is 6.57. The number of hydrogen-bond acceptors (Lipinski definition) is 3. The van der Waals surface area contributed by atoms with E-state index in [-0.39, 0.29) is 24.5 Å². The lowest BCUT2D eigenvalue weighted by molar-refractivity contribution is -0.144. The highest BCUT2D eigenvalue weighted by atomic mass is 16.5. The van der Waals surface area contributed by atoms with Gasteiger partial charge in [-0.2, -0.15) is 0 Å². The van der Waals surface area contributed by atoms with E-state index in [1.165, 1.54) is 16.0 Å². The lowest BCUT2D eigenvalue weighted by Crippen LogP contribution is -2.35. The van der Waals surface area contributed by atoms with Crippen molar-refractivity contribution >= 4 is 11.9 Å². The van der Waals surface area contributed by atoms with Crippen LogP contribution in [0.1, 0.15) is 66.5 Å². The zero-order chi connectivity index (χ0) is 26.6. The Morgan fingerprint density at radius 3 is 2.27 bits per heavy atom. The molecule has 4 rings (SSSR count). The molecule has 0 saturated heterocycles. The Labute approximate surface area is 220 Å². The molecule has 37 heavy (non-hydrogen) atoms. The molecule has 0 radical (unpaired) electrons. The number of carbonyl (C=O) groups excluding carboxylic acids is 1. The zero-order valence-corrected chi connectivity index (χ0v) is 22.3. The van der Waals surface area contributed by atoms with Crippen LogP contribution >= 0.6 is 0 Å². The molecule has 0 spiro atoms. The van der Waals surface area contributed by atoms with E-state index in [9.17, 15) is 14.7 Å². The molecule has 1 amide bonds. The third-order valence-electron chi connectivity index (χ3n) is 7.07. The van der Waals surface area contributed by atoms with E-state index in [0.717, 1.165) is 40.8 Å². The average molecular weight is 500 g/mol. The predicted molar refractivity (Wildman–Crippen MR) is 146 cm³/mol. The number of aryl methyl sites for hydroxylation is 2. The van der Waals surface area contributed by atoms with Gasteiger partial charge >= 0.3 is 5.97 Å². The molecule has 194 valence electrons. The van der Waals surface area contributed by atoms with Crippen molar-refractivity contribution < 1.29 is 19.4 Å². The Morgan fingerprint density at radius 1 is 0.973 bits per heavy atom. The van der Waals surface area contributed by atoms with Crippen LogP contribution in [0.25, 0.3) is 0 Å². The standard InChI is InChI=1S/C32H37NO4/c1-22(2)27-13-9-25(10-14-27)18-32(4)19-28-17-24(11-15-29(28)37-32)12-16-30(34)33(21-31(35)36)20-26-7-5-23(3)6-8-26/h5-11,13-15,17,22H,12,16,18-21H2,1-4H3,(H,35,36)/t32-/m1/s1. The van der Waals surface area contributed by atoms with Crippen molar-refractivity contribution in [3.05, 3.63) is 100 Å². The summed E-state index contributed by atoms with van der Waals surface area (Å²) in [6.45, 7) is 8.54. The summed E-state index contributed by atoms with van der Waals surface area (Å²) in [5, 5.41) is 9.33. The molecular weight excluding hydrogens is 462 g/mol. The van der Waals surface area contributed by atoms with Crippen LogP contribution in [-0.4, -0.2) is 34.0 Å². The van der Waals surface area contributed by atoms with Crippen molar-refractivity contribution in [1.82, 2.24) is 4.90 Å². The summed E-state index contributed by atoms with van der Waals surface area (Å²) in [6, 6.07) is 22.8. The summed E-state index contributed by atoms with van der Waals surface area (Å²) in [5.74, 6) is 0.256. The Morgan fingerprint density at radius 2 is 1.62 bits per heavy atom. The quantitative estimate of drug-likeness (QED) is 0.366. The summed E-state index contributed by atoms with van der Waals surface area (Å²) in [6.07, 6.45) is 2.47. The highest BCUT2D eigenvalue weighted by molar-refractivity contribution is 5.81. The number of carboxylic acid groups (broad SMARTS) is 1. The van der Waals surface area contributed by atoms with E-state index in [1.807, 2.05) is 43.3 Å². The smallest absolute Gasteiger partial charge is 0.323 e. The first-order valence-electron chi connectivity index (χ1n) is 13.0. The third kappa shape index (κ3) is 7.00. The van der Waals surface area contributed by atoms with Gasteiger partial charge < -0.3 is 14.7 Å². The van der Waals surface area contributed by atoms with E-state index in [4.69, 9.17) is 4.74 Å². The molecule has 0 bridgehead atoms. The largest absolute Gasteiger partial charge is 0.487 e. The van der Waals surface area contributed by atoms with Gasteiger partial charge in [0, 0.05) is 25.8 Å². The molecule has 0 aliphatic carbocycles. The lowest BCUT2D eigenvalue weighted by atomic mass is 9.90. The average Bonchev–Trinajstić information content (AvgIpc) is 3.18. The molecule has 5 nitrogen and oxygen atoms in total. The van der Waals surface area contributed by atoms with Crippen LogP contribution in [0.2, 0.25) is 0 Å². The number of carboxylic acids is 1. The van der Waals surface area contributed by atoms with Gasteiger partial charge in [-0.3, -0.25) is 9.59 Å². The molecule has 5 heteroatoms. The van der Waals surface area contributed by atoms with Crippen LogP contribution in [0.15, 0.2) is 66.7 Å². The van der Waals surface area contributed by atoms with Gasteiger partial charge in [0.1, 0.15) is 17.9 Å². The summed E-state index contributed by atoms with van der Waals surface area (Å²) in [7, 11) is 0. The Balaban J connectivity index is 1.37. The van der Waals surface area contributed by atoms with E-state index in [1.54, 1.807) is 0 Å². The number of aliphatic carboxylic acids is 1. The Kier molecular flexibility index (Phi) is 8.01. The van der Waals surface area contributed by atoms with Crippen LogP contribution in [0.3, 0.4) is 0 Å². The normalized spacial score (nSPS) is 16.4. The Bertz CT molecular complexity index is 1250. The minimum absolute atomic E-state index is 0.158. The van der Waals surface area contributed by atoms with Crippen molar-refractivity contribution in [3.63, 3.8) is 0 Å². The molecule has 3 aromatic carbocycles. The van der Waals surface area contributed by atoms with Crippen molar-refractivity contribution in [2.45, 2.75) is 71.4 Å². The van der Waals surface area contributed by atoms with E-state index in [2.05, 4.69) is 51.1 Å². The van der Waals surface area contributed by atoms with Gasteiger partial charge in [0.05, 0.1) is 0 Å². The van der Waals surface area contributed by atoms with Crippen molar-refractivity contribution in [2.24, 2.45) is 0 Å². The topological polar surface area (TPSA) is 66.8 Å². The van der Waals surface area contributed by atoms with Gasteiger partial charge in [0.2, 0.25) is 5.91 Å². The lowest BCUT2D eigenvalue weighted by Gasteiger charge is -2.24. The third-order valence-corrected chi connectivity index (χ3v) is 7.07. The first-order valence-corrected chi connectivity index (χ1v) is 13.0. The van der Waals surface area contributed by atoms with Gasteiger partial charge in [-0.25, -0.2) is 0 Å². The number of amides is 1. The number of fused-ring (bicyclic) bond motifs is 1. The zero-order valence-electron chi connectivity index (χ0n) is 22.3. The van der Waals surface area contributed by atoms with Crippen molar-refractivity contribution in [3.8, 4) is 5.75 Å². The minimum Gasteiger partial charge on any atom is -0.487 e. The summed E-state index contributed by atoms with van der Waals surface area (Å²) < 4.78 is 6.37. The summed E-state index contributed by atoms with van der Waals surface area (Å²) in [4.78, 5) is 25.8. The number of ether oxygens (including phenoxy) is 1. The number of hydrogen-bond donors (Lipinski definition) is 1. The number of rotatable bonds is 10. The van der Waals surface area contributed by atoms with Gasteiger partial charge in [0.25, 0.3) is 0 Å². The predicted octanol–water partition coefficient (Wildman–Crippen LogP) is 6.10. The minimum atomic E-state index is -1.01. The SMILES string of the molecule is Cc1ccc(CN(CC(=O)O)C(=O)CCc2ccc3c(c2)C[C@@](C)(Cc2ccc(C(C)C)cc2)O3)cc1. The van der Waals surface area contributed by atoms with Crippen LogP contribution in [0, 0.1) is 6.92 Å². The maximum Gasteiger partial charge on any atom is 0.323 e. The highest BCUT2D eigenvalue weighted by Crippen LogP contribution is 2.37. The van der Waals surface area contributed by atoms with Crippen LogP contribution < -0.4 is 4.74 Å². The molecule has 3 aromatic rings. The fraction of sp³-hybridized carbons (Fsp3) is 0.375. The van der Waals surface area contributed by atoms with Gasteiger partial charge in [-0.05, 0) is 60.1 Å². The number of benzene rings is 3. The Hall–Kier alpha value is -3.60. The fourth-order valence-corrected chi connectivity index (χ4v) is 5.00. The van der Waals surface area contributed by atoms with E-state index >= 15 is 0 Å². The molecule has 1 aliphatic heterocycles. The maximum absolute atomic E-state index is 13.0. The molecule has 1 heterocycles. The molecule has 0 saturated carbocycles. The van der Waals surface area contributed by atoms with Crippen LogP contribution in [0.4, 0.5) is 0 Å². The van der Waals surface area contributed by atoms with Gasteiger partial charge in [-0.15, -0.1) is 0 Å². The molecule has 1 aliphatic rings. The highest BCUT2D eigenvalue weighted by Gasteiger charge is 2.35. The monoisotopic (exact) mass is 499 g/mol. The molecule has 0 aromatic heterocycles. The fourth-order valence-electron chi connectivity index (χ4n) is 5.00. The van der Waals surface area contributed by atoms with Crippen LogP contribution in [-0.2, 0) is 35.4 Å². The molecule has 0 unspecified atom stereocenters. The maximum atomic E-state index is 13.0. The van der Waals surface area contributed by atoms with Gasteiger partial charge in [0.15, 0.2) is 0 Å². The van der Waals surface area contributed by atoms with E-state index < -0.39 is 5.97 Å². The second kappa shape index (κ2) is 11.2. The second-order valence-corrected chi connectivity index (χ2v) is 10.9. The number of carbonyl (C=O) groups is 2. The van der Waals surface area contributed by atoms with Crippen molar-refractivity contribution in [1.29, 1.82) is 0 Å². The van der Waals surface area contributed by atoms with E-state index in [0.29, 0.717) is 18.9 Å². The first kappa shape index (κ1) is 26.5. The number of nitrogens with zero attached hydrogens (tertiary/aromatic N) is 1. The second-order valence-electron chi connectivity index (χ2n) is 10.9. The molecule has 1 N–H and O–H groups in total. The molecular formula is C32H37NO4. The molecule has 1 atom stereocenters.